The molecule has 11 heteroatoms. The molecule has 1 aliphatic rings. The molecule has 1 unspecified atom stereocenters. The van der Waals surface area contributed by atoms with E-state index in [2.05, 4.69) is 21.1 Å². The highest BCUT2D eigenvalue weighted by Gasteiger charge is 2.50. The molecule has 0 bridgehead atoms. The Hall–Kier alpha value is -2.79. The molecule has 2 heterocycles. The fourth-order valence-corrected chi connectivity index (χ4v) is 2.91. The minimum absolute atomic E-state index is 0.0231. The molecule has 31 heavy (non-hydrogen) atoms. The minimum Gasteiger partial charge on any atom is -0.382 e. The molecule has 1 aromatic rings. The number of carbonyl (C=O) groups excluding carboxylic acids is 4. The van der Waals surface area contributed by atoms with Crippen LogP contribution in [0, 0.1) is 12.8 Å². The van der Waals surface area contributed by atoms with Crippen molar-refractivity contribution in [3.63, 3.8) is 0 Å². The highest BCUT2D eigenvalue weighted by atomic mass is 16.6. The van der Waals surface area contributed by atoms with E-state index in [9.17, 15) is 19.2 Å². The van der Waals surface area contributed by atoms with Crippen molar-refractivity contribution in [3.05, 3.63) is 17.5 Å². The Bertz CT molecular complexity index is 816. The molecule has 3 N–H and O–H groups in total. The molecule has 11 nitrogen and oxygen atoms in total. The summed E-state index contributed by atoms with van der Waals surface area (Å²) in [5.74, 6) is -1.31. The van der Waals surface area contributed by atoms with Gasteiger partial charge in [-0.05, 0) is 26.2 Å². The molecule has 3 atom stereocenters. The SMILES string of the molecule is COCC(NC(=O)c1cc(C)on1)C(=O)NCC(=O)N[C@@H](CC(C)C)C(=O)[C@@]1(C)CO1. The Morgan fingerprint density at radius 1 is 1.23 bits per heavy atom. The van der Waals surface area contributed by atoms with E-state index in [0.717, 1.165) is 0 Å². The van der Waals surface area contributed by atoms with Gasteiger partial charge in [0.25, 0.3) is 5.91 Å². The smallest absolute Gasteiger partial charge is 0.274 e. The summed E-state index contributed by atoms with van der Waals surface area (Å²) >= 11 is 0. The first-order valence-corrected chi connectivity index (χ1v) is 10.0. The van der Waals surface area contributed by atoms with E-state index in [-0.39, 0.29) is 30.5 Å². The lowest BCUT2D eigenvalue weighted by Crippen LogP contribution is -2.53. The van der Waals surface area contributed by atoms with Gasteiger partial charge in [-0.15, -0.1) is 0 Å². The molecule has 2 rings (SSSR count). The maximum absolute atomic E-state index is 12.6. The zero-order valence-corrected chi connectivity index (χ0v) is 18.4. The van der Waals surface area contributed by atoms with Crippen LogP contribution in [0.5, 0.6) is 0 Å². The third kappa shape index (κ3) is 7.14. The number of carbonyl (C=O) groups is 4. The van der Waals surface area contributed by atoms with Gasteiger partial charge in [0.05, 0.1) is 25.8 Å². The number of epoxide rings is 1. The predicted octanol–water partition coefficient (Wildman–Crippen LogP) is -0.267. The summed E-state index contributed by atoms with van der Waals surface area (Å²) in [6.45, 7) is 7.06. The van der Waals surface area contributed by atoms with Crippen molar-refractivity contribution in [1.82, 2.24) is 21.1 Å². The average molecular weight is 438 g/mol. The van der Waals surface area contributed by atoms with Crippen molar-refractivity contribution in [2.45, 2.75) is 51.8 Å². The third-order valence-corrected chi connectivity index (χ3v) is 4.70. The second-order valence-electron chi connectivity index (χ2n) is 8.16. The van der Waals surface area contributed by atoms with Crippen molar-refractivity contribution < 1.29 is 33.2 Å². The van der Waals surface area contributed by atoms with Crippen LogP contribution < -0.4 is 16.0 Å². The Kier molecular flexibility index (Phi) is 8.28. The van der Waals surface area contributed by atoms with Crippen molar-refractivity contribution in [2.75, 3.05) is 26.9 Å². The zero-order valence-electron chi connectivity index (χ0n) is 18.4. The number of methoxy groups -OCH3 is 1. The van der Waals surface area contributed by atoms with E-state index in [4.69, 9.17) is 14.0 Å². The second-order valence-corrected chi connectivity index (χ2v) is 8.16. The molecule has 172 valence electrons. The van der Waals surface area contributed by atoms with Gasteiger partial charge in [0.2, 0.25) is 11.8 Å². The number of ether oxygens (including phenoxy) is 2. The van der Waals surface area contributed by atoms with E-state index in [0.29, 0.717) is 18.8 Å². The number of hydrogen-bond acceptors (Lipinski definition) is 8. The predicted molar refractivity (Wildman–Crippen MR) is 108 cm³/mol. The number of ketones is 1. The van der Waals surface area contributed by atoms with Crippen molar-refractivity contribution in [3.8, 4) is 0 Å². The van der Waals surface area contributed by atoms with Gasteiger partial charge in [0, 0.05) is 13.2 Å². The van der Waals surface area contributed by atoms with Crippen molar-refractivity contribution in [1.29, 1.82) is 0 Å². The quantitative estimate of drug-likeness (QED) is 0.377. The van der Waals surface area contributed by atoms with Crippen molar-refractivity contribution >= 4 is 23.5 Å². The molecule has 0 spiro atoms. The first-order valence-electron chi connectivity index (χ1n) is 10.0. The standard InChI is InChI=1S/C20H30N4O7/c1-11(2)6-13(17(26)20(4)10-30-20)22-16(25)8-21-18(27)15(9-29-5)23-19(28)14-7-12(3)31-24-14/h7,11,13,15H,6,8-10H2,1-5H3,(H,21,27)(H,22,25)(H,23,28)/t13-,15?,20+/m0/s1. The second kappa shape index (κ2) is 10.5. The van der Waals surface area contributed by atoms with Gasteiger partial charge in [-0.25, -0.2) is 0 Å². The molecule has 0 radical (unpaired) electrons. The largest absolute Gasteiger partial charge is 0.382 e. The van der Waals surface area contributed by atoms with Crippen LogP contribution in [0.2, 0.25) is 0 Å². The van der Waals surface area contributed by atoms with E-state index in [1.54, 1.807) is 13.8 Å². The lowest BCUT2D eigenvalue weighted by molar-refractivity contribution is -0.131. The maximum Gasteiger partial charge on any atom is 0.274 e. The van der Waals surface area contributed by atoms with E-state index in [1.165, 1.54) is 13.2 Å². The fourth-order valence-electron chi connectivity index (χ4n) is 2.91. The Labute approximate surface area is 180 Å². The summed E-state index contributed by atoms with van der Waals surface area (Å²) < 4.78 is 15.0. The lowest BCUT2D eigenvalue weighted by Gasteiger charge is -2.22. The first-order chi connectivity index (χ1) is 14.6. The van der Waals surface area contributed by atoms with Crippen LogP contribution in [0.3, 0.4) is 0 Å². The monoisotopic (exact) mass is 438 g/mol. The minimum atomic E-state index is -1.05. The lowest BCUT2D eigenvalue weighted by atomic mass is 9.93. The summed E-state index contributed by atoms with van der Waals surface area (Å²) in [6, 6.07) is -0.323. The van der Waals surface area contributed by atoms with E-state index < -0.39 is 35.4 Å². The van der Waals surface area contributed by atoms with Gasteiger partial charge < -0.3 is 29.9 Å². The van der Waals surface area contributed by atoms with Gasteiger partial charge in [0.15, 0.2) is 11.5 Å². The van der Waals surface area contributed by atoms with Crippen LogP contribution in [-0.4, -0.2) is 73.2 Å². The molecule has 3 amide bonds. The number of amides is 3. The van der Waals surface area contributed by atoms with Gasteiger partial charge in [-0.1, -0.05) is 19.0 Å². The summed E-state index contributed by atoms with van der Waals surface area (Å²) in [5.41, 5.74) is -0.835. The highest BCUT2D eigenvalue weighted by Crippen LogP contribution is 2.29. The number of aryl methyl sites for hydroxylation is 1. The zero-order chi connectivity index (χ0) is 23.2. The third-order valence-electron chi connectivity index (χ3n) is 4.70. The molecule has 1 fully saturated rings. The Morgan fingerprint density at radius 3 is 2.42 bits per heavy atom. The van der Waals surface area contributed by atoms with E-state index in [1.807, 2.05) is 13.8 Å². The molecule has 1 saturated heterocycles. The number of rotatable bonds is 12. The Morgan fingerprint density at radius 2 is 1.90 bits per heavy atom. The van der Waals surface area contributed by atoms with Crippen molar-refractivity contribution in [2.24, 2.45) is 5.92 Å². The molecule has 0 aliphatic carbocycles. The van der Waals surface area contributed by atoms with Gasteiger partial charge in [-0.2, -0.15) is 0 Å². The summed E-state index contributed by atoms with van der Waals surface area (Å²) in [5, 5.41) is 11.2. The molecule has 0 aromatic carbocycles. The molecule has 1 aliphatic heterocycles. The number of nitrogens with zero attached hydrogens (tertiary/aromatic N) is 1. The average Bonchev–Trinajstić information content (AvgIpc) is 3.30. The van der Waals surface area contributed by atoms with Crippen LogP contribution in [0.1, 0.15) is 43.4 Å². The fraction of sp³-hybridized carbons (Fsp3) is 0.650. The van der Waals surface area contributed by atoms with Crippen LogP contribution >= 0.6 is 0 Å². The van der Waals surface area contributed by atoms with Gasteiger partial charge >= 0.3 is 0 Å². The molecular weight excluding hydrogens is 408 g/mol. The topological polar surface area (TPSA) is 152 Å². The van der Waals surface area contributed by atoms with Crippen LogP contribution in [0.15, 0.2) is 10.6 Å². The van der Waals surface area contributed by atoms with E-state index >= 15 is 0 Å². The number of hydrogen-bond donors (Lipinski definition) is 3. The van der Waals surface area contributed by atoms with Gasteiger partial charge in [0.1, 0.15) is 17.4 Å². The summed E-state index contributed by atoms with van der Waals surface area (Å²) in [4.78, 5) is 49.6. The number of nitrogens with one attached hydrogen (secondary N) is 3. The first kappa shape index (κ1) is 24.5. The summed E-state index contributed by atoms with van der Waals surface area (Å²) in [7, 11) is 1.38. The summed E-state index contributed by atoms with van der Waals surface area (Å²) in [6.07, 6.45) is 0.455. The molecule has 0 saturated carbocycles. The van der Waals surface area contributed by atoms with Gasteiger partial charge in [-0.3, -0.25) is 19.2 Å². The highest BCUT2D eigenvalue weighted by molar-refractivity contribution is 5.98. The maximum atomic E-state index is 12.6. The molecule has 1 aromatic heterocycles. The number of aromatic nitrogens is 1. The normalized spacial score (nSPS) is 19.4. The van der Waals surface area contributed by atoms with Crippen LogP contribution in [-0.2, 0) is 23.9 Å². The molecular formula is C20H30N4O7. The van der Waals surface area contributed by atoms with Crippen LogP contribution in [0.25, 0.3) is 0 Å². The Balaban J connectivity index is 1.90. The van der Waals surface area contributed by atoms with Crippen LogP contribution in [0.4, 0.5) is 0 Å². The number of Topliss-reactive ketones (excluding diaryl/α,β-unsaturated/α-hetero) is 1.